The highest BCUT2D eigenvalue weighted by atomic mass is 16.6. The van der Waals surface area contributed by atoms with Gasteiger partial charge in [-0.15, -0.1) is 0 Å². The van der Waals surface area contributed by atoms with Crippen LogP contribution in [0.2, 0.25) is 0 Å². The van der Waals surface area contributed by atoms with E-state index in [1.165, 1.54) is 0 Å². The largest absolute Gasteiger partial charge is 0.394 e. The highest BCUT2D eigenvalue weighted by Crippen LogP contribution is 2.22. The SMILES string of the molecule is OC[C@H]1OC[C@H](O)C(O)(O)[C@@H]1O. The summed E-state index contributed by atoms with van der Waals surface area (Å²) < 4.78 is 4.72. The average Bonchev–Trinajstić information content (AvgIpc) is 2.02. The van der Waals surface area contributed by atoms with Crippen LogP contribution >= 0.6 is 0 Å². The van der Waals surface area contributed by atoms with Crippen LogP contribution < -0.4 is 0 Å². The van der Waals surface area contributed by atoms with Gasteiger partial charge < -0.3 is 30.3 Å². The molecule has 6 heteroatoms. The van der Waals surface area contributed by atoms with E-state index < -0.39 is 30.7 Å². The van der Waals surface area contributed by atoms with Gasteiger partial charge in [0.1, 0.15) is 18.3 Å². The number of hydrogen-bond acceptors (Lipinski definition) is 6. The number of hydrogen-bond donors (Lipinski definition) is 5. The standard InChI is InChI=1S/C6H12O6/c7-1-3-5(9)6(10,11)4(8)2-12-3/h3-5,7-11H,1-2H2/t3-,4+,5-/m1/s1. The van der Waals surface area contributed by atoms with Gasteiger partial charge in [-0.05, 0) is 0 Å². The van der Waals surface area contributed by atoms with Gasteiger partial charge in [-0.2, -0.15) is 0 Å². The van der Waals surface area contributed by atoms with E-state index in [1.807, 2.05) is 0 Å². The van der Waals surface area contributed by atoms with Gasteiger partial charge in [0.25, 0.3) is 0 Å². The molecule has 1 aliphatic heterocycles. The van der Waals surface area contributed by atoms with Gasteiger partial charge >= 0.3 is 0 Å². The minimum absolute atomic E-state index is 0.324. The first-order chi connectivity index (χ1) is 5.50. The Balaban J connectivity index is 2.71. The van der Waals surface area contributed by atoms with Crippen LogP contribution in [-0.4, -0.2) is 62.8 Å². The Hall–Kier alpha value is -0.240. The fourth-order valence-electron chi connectivity index (χ4n) is 1.05. The maximum atomic E-state index is 9.12. The van der Waals surface area contributed by atoms with Crippen molar-refractivity contribution in [3.63, 3.8) is 0 Å². The summed E-state index contributed by atoms with van der Waals surface area (Å²) in [6, 6.07) is 0. The molecule has 0 aliphatic carbocycles. The highest BCUT2D eigenvalue weighted by molar-refractivity contribution is 4.91. The van der Waals surface area contributed by atoms with Crippen LogP contribution in [0.25, 0.3) is 0 Å². The molecule has 5 N–H and O–H groups in total. The average molecular weight is 180 g/mol. The monoisotopic (exact) mass is 180 g/mol. The van der Waals surface area contributed by atoms with Gasteiger partial charge in [0.2, 0.25) is 5.79 Å². The van der Waals surface area contributed by atoms with Crippen LogP contribution in [0.5, 0.6) is 0 Å². The Labute approximate surface area is 68.6 Å². The maximum Gasteiger partial charge on any atom is 0.221 e. The van der Waals surface area contributed by atoms with Crippen LogP contribution in [-0.2, 0) is 4.74 Å². The van der Waals surface area contributed by atoms with Crippen molar-refractivity contribution in [3.05, 3.63) is 0 Å². The third-order valence-electron chi connectivity index (χ3n) is 1.93. The van der Waals surface area contributed by atoms with Gasteiger partial charge in [0.15, 0.2) is 0 Å². The van der Waals surface area contributed by atoms with E-state index in [2.05, 4.69) is 0 Å². The fourth-order valence-corrected chi connectivity index (χ4v) is 1.05. The normalized spacial score (nSPS) is 41.2. The predicted octanol–water partition coefficient (Wildman–Crippen LogP) is -3.22. The molecule has 0 aromatic rings. The van der Waals surface area contributed by atoms with Crippen molar-refractivity contribution >= 4 is 0 Å². The van der Waals surface area contributed by atoms with Crippen LogP contribution in [0.3, 0.4) is 0 Å². The first kappa shape index (κ1) is 9.85. The lowest BCUT2D eigenvalue weighted by Gasteiger charge is -2.40. The van der Waals surface area contributed by atoms with Gasteiger partial charge in [0.05, 0.1) is 13.2 Å². The zero-order valence-electron chi connectivity index (χ0n) is 6.29. The third kappa shape index (κ3) is 1.45. The molecule has 0 saturated carbocycles. The maximum absolute atomic E-state index is 9.12. The smallest absolute Gasteiger partial charge is 0.221 e. The first-order valence-electron chi connectivity index (χ1n) is 3.53. The second-order valence-electron chi connectivity index (χ2n) is 2.80. The molecule has 3 atom stereocenters. The third-order valence-corrected chi connectivity index (χ3v) is 1.93. The molecular weight excluding hydrogens is 168 g/mol. The summed E-state index contributed by atoms with van der Waals surface area (Å²) in [7, 11) is 0. The van der Waals surface area contributed by atoms with E-state index in [-0.39, 0.29) is 6.61 Å². The van der Waals surface area contributed by atoms with Gasteiger partial charge in [-0.3, -0.25) is 0 Å². The Morgan fingerprint density at radius 2 is 1.92 bits per heavy atom. The molecule has 6 nitrogen and oxygen atoms in total. The van der Waals surface area contributed by atoms with Gasteiger partial charge in [0, 0.05) is 0 Å². The molecule has 1 saturated heterocycles. The zero-order valence-corrected chi connectivity index (χ0v) is 6.29. The second kappa shape index (κ2) is 3.25. The lowest BCUT2D eigenvalue weighted by molar-refractivity contribution is -0.333. The van der Waals surface area contributed by atoms with E-state index in [9.17, 15) is 0 Å². The summed E-state index contributed by atoms with van der Waals surface area (Å²) in [5, 5.41) is 44.8. The van der Waals surface area contributed by atoms with Crippen LogP contribution in [0, 0.1) is 0 Å². The molecular formula is C6H12O6. The molecule has 0 aromatic heterocycles. The van der Waals surface area contributed by atoms with E-state index in [0.717, 1.165) is 0 Å². The highest BCUT2D eigenvalue weighted by Gasteiger charge is 2.49. The molecule has 1 heterocycles. The minimum atomic E-state index is -2.61. The minimum Gasteiger partial charge on any atom is -0.394 e. The quantitative estimate of drug-likeness (QED) is 0.271. The van der Waals surface area contributed by atoms with Crippen molar-refractivity contribution in [1.29, 1.82) is 0 Å². The Morgan fingerprint density at radius 1 is 1.33 bits per heavy atom. The summed E-state index contributed by atoms with van der Waals surface area (Å²) in [5.41, 5.74) is 0. The summed E-state index contributed by atoms with van der Waals surface area (Å²) in [6.45, 7) is -0.855. The Morgan fingerprint density at radius 3 is 2.42 bits per heavy atom. The Kier molecular flexibility index (Phi) is 2.67. The van der Waals surface area contributed by atoms with E-state index in [0.29, 0.717) is 0 Å². The summed E-state index contributed by atoms with van der Waals surface area (Å²) in [4.78, 5) is 0. The van der Waals surface area contributed by atoms with Crippen LogP contribution in [0.15, 0.2) is 0 Å². The molecule has 1 fully saturated rings. The zero-order chi connectivity index (χ0) is 9.35. The topological polar surface area (TPSA) is 110 Å². The molecule has 1 rings (SSSR count). The molecule has 12 heavy (non-hydrogen) atoms. The first-order valence-corrected chi connectivity index (χ1v) is 3.53. The molecule has 0 bridgehead atoms. The van der Waals surface area contributed by atoms with E-state index in [4.69, 9.17) is 30.3 Å². The number of aliphatic hydroxyl groups excluding tert-OH is 3. The van der Waals surface area contributed by atoms with E-state index >= 15 is 0 Å². The Bertz CT molecular complexity index is 158. The fraction of sp³-hybridized carbons (Fsp3) is 1.00. The molecule has 0 unspecified atom stereocenters. The van der Waals surface area contributed by atoms with Crippen molar-refractivity contribution in [2.24, 2.45) is 0 Å². The molecule has 0 spiro atoms. The molecule has 0 aromatic carbocycles. The predicted molar refractivity (Wildman–Crippen MR) is 36.0 cm³/mol. The summed E-state index contributed by atoms with van der Waals surface area (Å²) >= 11 is 0. The summed E-state index contributed by atoms with van der Waals surface area (Å²) in [5.74, 6) is -2.61. The second-order valence-corrected chi connectivity index (χ2v) is 2.80. The van der Waals surface area contributed by atoms with Crippen molar-refractivity contribution in [3.8, 4) is 0 Å². The van der Waals surface area contributed by atoms with Crippen LogP contribution in [0.4, 0.5) is 0 Å². The summed E-state index contributed by atoms with van der Waals surface area (Å²) in [6.07, 6.45) is -4.33. The molecule has 1 aliphatic rings. The number of ether oxygens (including phenoxy) is 1. The van der Waals surface area contributed by atoms with Gasteiger partial charge in [-0.25, -0.2) is 0 Å². The molecule has 72 valence electrons. The lowest BCUT2D eigenvalue weighted by atomic mass is 9.96. The van der Waals surface area contributed by atoms with Gasteiger partial charge in [-0.1, -0.05) is 0 Å². The van der Waals surface area contributed by atoms with Crippen LogP contribution in [0.1, 0.15) is 0 Å². The number of aliphatic hydroxyl groups is 5. The number of rotatable bonds is 1. The van der Waals surface area contributed by atoms with Crippen molar-refractivity contribution in [2.45, 2.75) is 24.1 Å². The lowest BCUT2D eigenvalue weighted by Crippen LogP contribution is -2.63. The van der Waals surface area contributed by atoms with Crippen molar-refractivity contribution < 1.29 is 30.3 Å². The van der Waals surface area contributed by atoms with Crippen molar-refractivity contribution in [2.75, 3.05) is 13.2 Å². The van der Waals surface area contributed by atoms with Crippen molar-refractivity contribution in [1.82, 2.24) is 0 Å². The molecule has 0 radical (unpaired) electrons. The molecule has 0 amide bonds. The van der Waals surface area contributed by atoms with E-state index in [1.54, 1.807) is 0 Å².